The monoisotopic (exact) mass is 640 g/mol. The van der Waals surface area contributed by atoms with Crippen molar-refractivity contribution in [2.45, 2.75) is 0 Å². The molecule has 7 aromatic carbocycles. The van der Waals surface area contributed by atoms with Gasteiger partial charge in [0.1, 0.15) is 0 Å². The number of benzene rings is 7. The van der Waals surface area contributed by atoms with Crippen molar-refractivity contribution in [1.82, 2.24) is 9.13 Å². The number of hydrogen-bond donors (Lipinski definition) is 1. The summed E-state index contributed by atoms with van der Waals surface area (Å²) in [4.78, 5) is 4.85. The van der Waals surface area contributed by atoms with Gasteiger partial charge in [-0.15, -0.1) is 0 Å². The van der Waals surface area contributed by atoms with Crippen molar-refractivity contribution in [2.24, 2.45) is 4.99 Å². The number of nitrogens with zero attached hydrogens (tertiary/aromatic N) is 3. The quantitative estimate of drug-likeness (QED) is 0.133. The Bertz CT molecular complexity index is 2730. The van der Waals surface area contributed by atoms with Crippen LogP contribution in [-0.2, 0) is 0 Å². The summed E-state index contributed by atoms with van der Waals surface area (Å²) in [5.41, 5.74) is 12.0. The minimum atomic E-state index is 0.738. The Morgan fingerprint density at radius 2 is 1.04 bits per heavy atom. The third-order valence-corrected chi connectivity index (χ3v) is 9.62. The maximum Gasteiger partial charge on any atom is 0.0996 e. The van der Waals surface area contributed by atoms with Crippen LogP contribution < -0.4 is 0 Å². The predicted molar refractivity (Wildman–Crippen MR) is 212 cm³/mol. The first kappa shape index (κ1) is 29.4. The van der Waals surface area contributed by atoms with Crippen molar-refractivity contribution in [1.29, 1.82) is 5.41 Å². The first-order chi connectivity index (χ1) is 24.8. The SMILES string of the molecule is N=C/C(=C\N=C\n1c2ccccc2c2ccc3c(c4ccccc4n3-c3ccc(-c4ccccc4)cc3)c21)c1ccc(-c2ccccc2)cc1. The third-order valence-electron chi connectivity index (χ3n) is 9.62. The summed E-state index contributed by atoms with van der Waals surface area (Å²) >= 11 is 0. The van der Waals surface area contributed by atoms with E-state index in [1.807, 2.05) is 24.5 Å². The van der Waals surface area contributed by atoms with Crippen molar-refractivity contribution in [3.8, 4) is 27.9 Å². The number of fused-ring (bicyclic) bond motifs is 7. The van der Waals surface area contributed by atoms with E-state index in [4.69, 9.17) is 10.4 Å². The molecule has 2 aromatic heterocycles. The molecule has 0 aliphatic heterocycles. The molecule has 0 fully saturated rings. The molecule has 0 atom stereocenters. The Hall–Kier alpha value is -6.78. The van der Waals surface area contributed by atoms with Crippen LogP contribution >= 0.6 is 0 Å². The van der Waals surface area contributed by atoms with Gasteiger partial charge in [-0.1, -0.05) is 140 Å². The number of rotatable bonds is 7. The first-order valence-corrected chi connectivity index (χ1v) is 16.8. The molecule has 0 radical (unpaired) electrons. The van der Waals surface area contributed by atoms with E-state index < -0.39 is 0 Å². The molecule has 0 unspecified atom stereocenters. The molecule has 2 heterocycles. The van der Waals surface area contributed by atoms with Crippen LogP contribution in [0.5, 0.6) is 0 Å². The molecule has 0 aliphatic carbocycles. The van der Waals surface area contributed by atoms with Gasteiger partial charge in [0.15, 0.2) is 0 Å². The van der Waals surface area contributed by atoms with Crippen LogP contribution in [0.2, 0.25) is 0 Å². The van der Waals surface area contributed by atoms with E-state index in [-0.39, 0.29) is 0 Å². The Morgan fingerprint density at radius 1 is 0.480 bits per heavy atom. The van der Waals surface area contributed by atoms with Crippen LogP contribution in [0.1, 0.15) is 5.56 Å². The Kier molecular flexibility index (Phi) is 7.25. The molecular formula is C46H32N4. The summed E-state index contributed by atoms with van der Waals surface area (Å²) in [5, 5.41) is 12.9. The summed E-state index contributed by atoms with van der Waals surface area (Å²) in [7, 11) is 0. The second-order valence-electron chi connectivity index (χ2n) is 12.4. The van der Waals surface area contributed by atoms with Gasteiger partial charge in [0, 0.05) is 45.2 Å². The number of aliphatic imine (C=N–C) groups is 1. The summed E-state index contributed by atoms with van der Waals surface area (Å²) in [6.07, 6.45) is 5.05. The standard InChI is InChI=1S/C46H32N4/c47-29-37(36-21-19-34(20-22-36)32-11-3-1-4-12-32)30-48-31-49-42-17-9-7-15-39(42)40-27-28-44-45(46(40)49)41-16-8-10-18-43(41)50(44)38-25-23-35(24-26-38)33-13-5-2-6-14-33/h1-31,47H/b37-30+,47-29?,48-31+. The third kappa shape index (κ3) is 4.94. The predicted octanol–water partition coefficient (Wildman–Crippen LogP) is 11.8. The normalized spacial score (nSPS) is 12.1. The lowest BCUT2D eigenvalue weighted by molar-refractivity contribution is 1.18. The van der Waals surface area contributed by atoms with Crippen molar-refractivity contribution in [3.05, 3.63) is 182 Å². The number of nitrogens with one attached hydrogen (secondary N) is 1. The molecule has 0 saturated carbocycles. The second-order valence-corrected chi connectivity index (χ2v) is 12.4. The van der Waals surface area contributed by atoms with E-state index in [0.717, 1.165) is 44.5 Å². The molecule has 4 heteroatoms. The van der Waals surface area contributed by atoms with Gasteiger partial charge in [0.2, 0.25) is 0 Å². The topological polar surface area (TPSA) is 46.1 Å². The van der Waals surface area contributed by atoms with Crippen LogP contribution in [0.25, 0.3) is 77.1 Å². The van der Waals surface area contributed by atoms with Gasteiger partial charge in [-0.25, -0.2) is 4.99 Å². The van der Waals surface area contributed by atoms with Gasteiger partial charge < -0.3 is 9.98 Å². The van der Waals surface area contributed by atoms with Crippen LogP contribution in [0.3, 0.4) is 0 Å². The lowest BCUT2D eigenvalue weighted by Crippen LogP contribution is -1.96. The molecule has 0 saturated heterocycles. The minimum absolute atomic E-state index is 0.738. The minimum Gasteiger partial charge on any atom is -0.309 e. The molecular weight excluding hydrogens is 609 g/mol. The van der Waals surface area contributed by atoms with Gasteiger partial charge in [0.05, 0.1) is 28.4 Å². The zero-order chi connectivity index (χ0) is 33.4. The van der Waals surface area contributed by atoms with Crippen molar-refractivity contribution in [3.63, 3.8) is 0 Å². The molecule has 1 N–H and O–H groups in total. The largest absolute Gasteiger partial charge is 0.309 e. The number of aromatic nitrogens is 2. The van der Waals surface area contributed by atoms with Crippen LogP contribution in [0.15, 0.2) is 181 Å². The van der Waals surface area contributed by atoms with E-state index in [0.29, 0.717) is 0 Å². The first-order valence-electron chi connectivity index (χ1n) is 16.8. The maximum absolute atomic E-state index is 8.20. The molecule has 0 aliphatic rings. The van der Waals surface area contributed by atoms with Crippen LogP contribution in [0, 0.1) is 5.41 Å². The average molecular weight is 641 g/mol. The van der Waals surface area contributed by atoms with Crippen molar-refractivity contribution >= 4 is 61.7 Å². The van der Waals surface area contributed by atoms with E-state index in [1.54, 1.807) is 6.20 Å². The summed E-state index contributed by atoms with van der Waals surface area (Å²) in [6, 6.07) is 59.6. The smallest absolute Gasteiger partial charge is 0.0996 e. The summed E-state index contributed by atoms with van der Waals surface area (Å²) < 4.78 is 4.57. The van der Waals surface area contributed by atoms with E-state index >= 15 is 0 Å². The molecule has 50 heavy (non-hydrogen) atoms. The molecule has 236 valence electrons. The number of hydrogen-bond acceptors (Lipinski definition) is 2. The van der Waals surface area contributed by atoms with Gasteiger partial charge in [-0.05, 0) is 58.1 Å². The summed E-state index contributed by atoms with van der Waals surface area (Å²) in [6.45, 7) is 0. The van der Waals surface area contributed by atoms with Crippen molar-refractivity contribution < 1.29 is 0 Å². The maximum atomic E-state index is 8.20. The van der Waals surface area contributed by atoms with Gasteiger partial charge >= 0.3 is 0 Å². The van der Waals surface area contributed by atoms with Gasteiger partial charge in [-0.2, -0.15) is 0 Å². The van der Waals surface area contributed by atoms with E-state index in [9.17, 15) is 0 Å². The fourth-order valence-electron chi connectivity index (χ4n) is 7.23. The van der Waals surface area contributed by atoms with Crippen molar-refractivity contribution in [2.75, 3.05) is 0 Å². The number of para-hydroxylation sites is 2. The highest BCUT2D eigenvalue weighted by atomic mass is 15.0. The Morgan fingerprint density at radius 3 is 1.70 bits per heavy atom. The van der Waals surface area contributed by atoms with E-state index in [1.165, 1.54) is 44.4 Å². The second kappa shape index (κ2) is 12.3. The zero-order valence-electron chi connectivity index (χ0n) is 27.2. The molecule has 0 spiro atoms. The van der Waals surface area contributed by atoms with Gasteiger partial charge in [-0.3, -0.25) is 4.57 Å². The van der Waals surface area contributed by atoms with Gasteiger partial charge in [0.25, 0.3) is 0 Å². The lowest BCUT2D eigenvalue weighted by Gasteiger charge is -2.10. The molecule has 9 rings (SSSR count). The number of allylic oxidation sites excluding steroid dienone is 1. The zero-order valence-corrected chi connectivity index (χ0v) is 27.2. The summed E-state index contributed by atoms with van der Waals surface area (Å²) in [5.74, 6) is 0. The van der Waals surface area contributed by atoms with E-state index in [2.05, 4.69) is 161 Å². The Balaban J connectivity index is 1.19. The molecule has 0 bridgehead atoms. The molecule has 9 aromatic rings. The highest BCUT2D eigenvalue weighted by molar-refractivity contribution is 6.27. The van der Waals surface area contributed by atoms with Crippen LogP contribution in [-0.4, -0.2) is 21.7 Å². The molecule has 0 amide bonds. The fourth-order valence-corrected chi connectivity index (χ4v) is 7.23. The highest BCUT2D eigenvalue weighted by Gasteiger charge is 2.19. The average Bonchev–Trinajstić information content (AvgIpc) is 3.70. The molecule has 4 nitrogen and oxygen atoms in total. The van der Waals surface area contributed by atoms with Crippen LogP contribution in [0.4, 0.5) is 0 Å². The fraction of sp³-hybridized carbons (Fsp3) is 0. The Labute approximate surface area is 290 Å². The highest BCUT2D eigenvalue weighted by Crippen LogP contribution is 2.40. The lowest BCUT2D eigenvalue weighted by atomic mass is 10.0.